The summed E-state index contributed by atoms with van der Waals surface area (Å²) in [7, 11) is 1.76. The Labute approximate surface area is 122 Å². The first-order valence-corrected chi connectivity index (χ1v) is 7.36. The van der Waals surface area contributed by atoms with Gasteiger partial charge >= 0.3 is 0 Å². The smallest absolute Gasteiger partial charge is 0.123 e. The Kier molecular flexibility index (Phi) is 7.00. The second-order valence-corrected chi connectivity index (χ2v) is 6.05. The Hall–Kier alpha value is -1.09. The minimum absolute atomic E-state index is 0.0235. The van der Waals surface area contributed by atoms with Crippen molar-refractivity contribution < 1.29 is 13.9 Å². The van der Waals surface area contributed by atoms with Crippen molar-refractivity contribution in [3.8, 4) is 5.75 Å². The zero-order valence-electron chi connectivity index (χ0n) is 13.1. The molecular weight excluding hydrogens is 255 g/mol. The van der Waals surface area contributed by atoms with Gasteiger partial charge in [-0.25, -0.2) is 4.39 Å². The van der Waals surface area contributed by atoms with E-state index < -0.39 is 0 Å². The molecule has 0 saturated carbocycles. The SMILES string of the molecule is COC(C)(C)CCCC(C)CCOc1ccc(F)cc1. The molecule has 0 aromatic heterocycles. The van der Waals surface area contributed by atoms with E-state index in [2.05, 4.69) is 20.8 Å². The predicted octanol–water partition coefficient (Wildman–Crippen LogP) is 4.83. The minimum Gasteiger partial charge on any atom is -0.494 e. The van der Waals surface area contributed by atoms with Gasteiger partial charge in [0.15, 0.2) is 0 Å². The van der Waals surface area contributed by atoms with Crippen molar-refractivity contribution in [2.75, 3.05) is 13.7 Å². The summed E-state index contributed by atoms with van der Waals surface area (Å²) in [6, 6.07) is 6.18. The number of hydrogen-bond donors (Lipinski definition) is 0. The molecule has 0 spiro atoms. The highest BCUT2D eigenvalue weighted by Crippen LogP contribution is 2.20. The largest absolute Gasteiger partial charge is 0.494 e. The number of halogens is 1. The van der Waals surface area contributed by atoms with Crippen molar-refractivity contribution in [3.63, 3.8) is 0 Å². The van der Waals surface area contributed by atoms with Crippen molar-refractivity contribution in [1.82, 2.24) is 0 Å². The van der Waals surface area contributed by atoms with Crippen molar-refractivity contribution in [1.29, 1.82) is 0 Å². The lowest BCUT2D eigenvalue weighted by Gasteiger charge is -2.23. The molecule has 114 valence electrons. The first-order valence-electron chi connectivity index (χ1n) is 7.36. The van der Waals surface area contributed by atoms with Crippen LogP contribution in [-0.4, -0.2) is 19.3 Å². The van der Waals surface area contributed by atoms with E-state index in [-0.39, 0.29) is 11.4 Å². The molecule has 0 N–H and O–H groups in total. The topological polar surface area (TPSA) is 18.5 Å². The lowest BCUT2D eigenvalue weighted by Crippen LogP contribution is -2.22. The summed E-state index contributed by atoms with van der Waals surface area (Å²) in [6.45, 7) is 7.17. The lowest BCUT2D eigenvalue weighted by atomic mass is 9.95. The van der Waals surface area contributed by atoms with Crippen LogP contribution in [0.2, 0.25) is 0 Å². The van der Waals surface area contributed by atoms with E-state index in [0.29, 0.717) is 12.5 Å². The molecule has 0 fully saturated rings. The molecule has 0 aliphatic carbocycles. The molecule has 0 bridgehead atoms. The van der Waals surface area contributed by atoms with Crippen LogP contribution < -0.4 is 4.74 Å². The highest BCUT2D eigenvalue weighted by Gasteiger charge is 2.16. The monoisotopic (exact) mass is 282 g/mol. The van der Waals surface area contributed by atoms with Crippen LogP contribution in [0.1, 0.15) is 46.5 Å². The van der Waals surface area contributed by atoms with Gasteiger partial charge in [-0.05, 0) is 56.9 Å². The second-order valence-electron chi connectivity index (χ2n) is 6.05. The van der Waals surface area contributed by atoms with Gasteiger partial charge in [-0.2, -0.15) is 0 Å². The third kappa shape index (κ3) is 6.90. The molecule has 0 amide bonds. The van der Waals surface area contributed by atoms with E-state index in [0.717, 1.165) is 18.6 Å². The zero-order valence-corrected chi connectivity index (χ0v) is 13.1. The number of rotatable bonds is 9. The maximum atomic E-state index is 12.7. The van der Waals surface area contributed by atoms with E-state index >= 15 is 0 Å². The Balaban J connectivity index is 2.14. The molecule has 1 unspecified atom stereocenters. The lowest BCUT2D eigenvalue weighted by molar-refractivity contribution is 0.0126. The molecule has 0 aliphatic heterocycles. The van der Waals surface area contributed by atoms with E-state index in [1.807, 2.05) is 0 Å². The molecule has 1 atom stereocenters. The third-order valence-electron chi connectivity index (χ3n) is 3.72. The van der Waals surface area contributed by atoms with Gasteiger partial charge in [0.2, 0.25) is 0 Å². The molecule has 0 aliphatic rings. The molecule has 1 aromatic rings. The van der Waals surface area contributed by atoms with Gasteiger partial charge < -0.3 is 9.47 Å². The van der Waals surface area contributed by atoms with Gasteiger partial charge in [-0.1, -0.05) is 19.8 Å². The second kappa shape index (κ2) is 8.25. The minimum atomic E-state index is -0.230. The third-order valence-corrected chi connectivity index (χ3v) is 3.72. The van der Waals surface area contributed by atoms with Gasteiger partial charge in [0, 0.05) is 7.11 Å². The number of methoxy groups -OCH3 is 1. The Morgan fingerprint density at radius 1 is 1.15 bits per heavy atom. The summed E-state index contributed by atoms with van der Waals surface area (Å²) in [6.07, 6.45) is 4.44. The average Bonchev–Trinajstić information content (AvgIpc) is 2.41. The van der Waals surface area contributed by atoms with E-state index in [1.165, 1.54) is 25.0 Å². The Bertz CT molecular complexity index is 373. The van der Waals surface area contributed by atoms with Gasteiger partial charge in [0.1, 0.15) is 11.6 Å². The summed E-state index contributed by atoms with van der Waals surface area (Å²) in [5.74, 6) is 1.13. The van der Waals surface area contributed by atoms with Gasteiger partial charge in [-0.15, -0.1) is 0 Å². The standard InChI is InChI=1S/C17H27FO2/c1-14(6-5-12-17(2,3)19-4)11-13-20-16-9-7-15(18)8-10-16/h7-10,14H,5-6,11-13H2,1-4H3. The fourth-order valence-corrected chi connectivity index (χ4v) is 2.03. The summed E-state index contributed by atoms with van der Waals surface area (Å²) in [5, 5.41) is 0. The van der Waals surface area contributed by atoms with Crippen LogP contribution in [0.25, 0.3) is 0 Å². The van der Waals surface area contributed by atoms with Crippen LogP contribution in [0.15, 0.2) is 24.3 Å². The van der Waals surface area contributed by atoms with Crippen LogP contribution in [0.3, 0.4) is 0 Å². The fraction of sp³-hybridized carbons (Fsp3) is 0.647. The van der Waals surface area contributed by atoms with Crippen LogP contribution in [0, 0.1) is 11.7 Å². The van der Waals surface area contributed by atoms with Crippen molar-refractivity contribution in [2.24, 2.45) is 5.92 Å². The molecule has 3 heteroatoms. The van der Waals surface area contributed by atoms with Crippen molar-refractivity contribution in [2.45, 2.75) is 52.1 Å². The van der Waals surface area contributed by atoms with E-state index in [1.54, 1.807) is 19.2 Å². The fourth-order valence-electron chi connectivity index (χ4n) is 2.03. The number of hydrogen-bond acceptors (Lipinski definition) is 2. The molecule has 0 heterocycles. The highest BCUT2D eigenvalue weighted by molar-refractivity contribution is 5.21. The zero-order chi connectivity index (χ0) is 15.0. The van der Waals surface area contributed by atoms with Crippen LogP contribution in [0.5, 0.6) is 5.75 Å². The molecule has 1 rings (SSSR count). The van der Waals surface area contributed by atoms with Crippen LogP contribution in [0.4, 0.5) is 4.39 Å². The summed E-state index contributed by atoms with van der Waals surface area (Å²) in [4.78, 5) is 0. The average molecular weight is 282 g/mol. The molecular formula is C17H27FO2. The van der Waals surface area contributed by atoms with Crippen LogP contribution in [-0.2, 0) is 4.74 Å². The molecule has 0 radical (unpaired) electrons. The quantitative estimate of drug-likeness (QED) is 0.646. The number of benzene rings is 1. The predicted molar refractivity (Wildman–Crippen MR) is 80.6 cm³/mol. The van der Waals surface area contributed by atoms with Gasteiger partial charge in [0.05, 0.1) is 12.2 Å². The normalized spacial score (nSPS) is 13.2. The Morgan fingerprint density at radius 3 is 2.40 bits per heavy atom. The molecule has 2 nitrogen and oxygen atoms in total. The van der Waals surface area contributed by atoms with Gasteiger partial charge in [0.25, 0.3) is 0 Å². The number of ether oxygens (including phenoxy) is 2. The molecule has 1 aromatic carbocycles. The van der Waals surface area contributed by atoms with Gasteiger partial charge in [-0.3, -0.25) is 0 Å². The van der Waals surface area contributed by atoms with E-state index in [9.17, 15) is 4.39 Å². The summed E-state index contributed by atoms with van der Waals surface area (Å²) >= 11 is 0. The van der Waals surface area contributed by atoms with E-state index in [4.69, 9.17) is 9.47 Å². The van der Waals surface area contributed by atoms with Crippen LogP contribution >= 0.6 is 0 Å². The summed E-state index contributed by atoms with van der Waals surface area (Å²) < 4.78 is 23.8. The molecule has 20 heavy (non-hydrogen) atoms. The first kappa shape index (κ1) is 17.0. The highest BCUT2D eigenvalue weighted by atomic mass is 19.1. The maximum Gasteiger partial charge on any atom is 0.123 e. The maximum absolute atomic E-state index is 12.7. The first-order chi connectivity index (χ1) is 9.43. The summed E-state index contributed by atoms with van der Waals surface area (Å²) in [5.41, 5.74) is -0.0235. The van der Waals surface area contributed by atoms with Crippen molar-refractivity contribution >= 4 is 0 Å². The Morgan fingerprint density at radius 2 is 1.80 bits per heavy atom. The van der Waals surface area contributed by atoms with Crippen molar-refractivity contribution in [3.05, 3.63) is 30.1 Å². The molecule has 0 saturated heterocycles.